The number of para-hydroxylation sites is 1. The van der Waals surface area contributed by atoms with Crippen LogP contribution in [0.25, 0.3) is 0 Å². The Balaban J connectivity index is 2.02. The van der Waals surface area contributed by atoms with Gasteiger partial charge in [0.25, 0.3) is 0 Å². The summed E-state index contributed by atoms with van der Waals surface area (Å²) in [6.07, 6.45) is 0. The van der Waals surface area contributed by atoms with Gasteiger partial charge < -0.3 is 10.2 Å². The number of benzene rings is 1. The Morgan fingerprint density at radius 3 is 2.43 bits per heavy atom. The smallest absolute Gasteiger partial charge is 0.0437 e. The molecule has 0 bridgehead atoms. The molecule has 2 aromatic rings. The van der Waals surface area contributed by atoms with Crippen molar-refractivity contribution in [2.45, 2.75) is 46.3 Å². The highest BCUT2D eigenvalue weighted by atomic mass is 32.1. The van der Waals surface area contributed by atoms with Gasteiger partial charge >= 0.3 is 0 Å². The SMILES string of the molecule is Cc1sc(CNC(C)(C)C)cc1CN(C)c1ccccc1. The van der Waals surface area contributed by atoms with E-state index in [0.717, 1.165) is 13.1 Å². The summed E-state index contributed by atoms with van der Waals surface area (Å²) < 4.78 is 0. The summed E-state index contributed by atoms with van der Waals surface area (Å²) in [4.78, 5) is 5.14. The first-order chi connectivity index (χ1) is 9.85. The number of anilines is 1. The van der Waals surface area contributed by atoms with Gasteiger partial charge in [0.2, 0.25) is 0 Å². The van der Waals surface area contributed by atoms with Crippen molar-refractivity contribution in [3.8, 4) is 0 Å². The molecule has 0 aliphatic heterocycles. The van der Waals surface area contributed by atoms with Gasteiger partial charge in [-0.3, -0.25) is 0 Å². The van der Waals surface area contributed by atoms with Gasteiger partial charge in [0.1, 0.15) is 0 Å². The fourth-order valence-electron chi connectivity index (χ4n) is 2.21. The van der Waals surface area contributed by atoms with E-state index in [-0.39, 0.29) is 5.54 Å². The minimum Gasteiger partial charge on any atom is -0.370 e. The highest BCUT2D eigenvalue weighted by molar-refractivity contribution is 7.12. The van der Waals surface area contributed by atoms with Gasteiger partial charge in [0.05, 0.1) is 0 Å². The normalized spacial score (nSPS) is 11.7. The molecule has 0 aliphatic rings. The maximum atomic E-state index is 3.56. The fourth-order valence-corrected chi connectivity index (χ4v) is 3.21. The van der Waals surface area contributed by atoms with Crippen LogP contribution in [-0.4, -0.2) is 12.6 Å². The zero-order valence-corrected chi connectivity index (χ0v) is 14.6. The average Bonchev–Trinajstić information content (AvgIpc) is 2.77. The molecule has 0 spiro atoms. The predicted octanol–water partition coefficient (Wildman–Crippen LogP) is 4.58. The Kier molecular flexibility index (Phi) is 5.07. The Morgan fingerprint density at radius 1 is 1.14 bits per heavy atom. The monoisotopic (exact) mass is 302 g/mol. The highest BCUT2D eigenvalue weighted by Gasteiger charge is 2.12. The first-order valence-corrected chi connectivity index (χ1v) is 8.26. The van der Waals surface area contributed by atoms with Gasteiger partial charge in [-0.25, -0.2) is 0 Å². The molecule has 0 atom stereocenters. The Labute approximate surface area is 132 Å². The third-order valence-corrected chi connectivity index (χ3v) is 4.56. The Hall–Kier alpha value is -1.32. The van der Waals surface area contributed by atoms with Crippen molar-refractivity contribution in [2.75, 3.05) is 11.9 Å². The van der Waals surface area contributed by atoms with Crippen molar-refractivity contribution < 1.29 is 0 Å². The third-order valence-electron chi connectivity index (χ3n) is 3.47. The summed E-state index contributed by atoms with van der Waals surface area (Å²) >= 11 is 1.90. The van der Waals surface area contributed by atoms with E-state index in [1.807, 2.05) is 11.3 Å². The van der Waals surface area contributed by atoms with Crippen LogP contribution in [0.2, 0.25) is 0 Å². The van der Waals surface area contributed by atoms with Crippen molar-refractivity contribution in [1.29, 1.82) is 0 Å². The lowest BCUT2D eigenvalue weighted by Gasteiger charge is -2.20. The van der Waals surface area contributed by atoms with Crippen LogP contribution >= 0.6 is 11.3 Å². The van der Waals surface area contributed by atoms with E-state index in [0.29, 0.717) is 0 Å². The van der Waals surface area contributed by atoms with Crippen molar-refractivity contribution in [2.24, 2.45) is 0 Å². The van der Waals surface area contributed by atoms with Gasteiger partial charge in [-0.1, -0.05) is 18.2 Å². The van der Waals surface area contributed by atoms with E-state index < -0.39 is 0 Å². The molecule has 0 fully saturated rings. The van der Waals surface area contributed by atoms with Gasteiger partial charge in [-0.05, 0) is 51.5 Å². The number of rotatable bonds is 5. The molecule has 2 rings (SSSR count). The van der Waals surface area contributed by atoms with Crippen LogP contribution < -0.4 is 10.2 Å². The summed E-state index contributed by atoms with van der Waals surface area (Å²) in [5.41, 5.74) is 2.85. The topological polar surface area (TPSA) is 15.3 Å². The van der Waals surface area contributed by atoms with E-state index in [9.17, 15) is 0 Å². The Bertz CT molecular complexity index is 567. The summed E-state index contributed by atoms with van der Waals surface area (Å²) in [6.45, 7) is 10.7. The molecule has 3 heteroatoms. The second-order valence-corrected chi connectivity index (χ2v) is 7.93. The van der Waals surface area contributed by atoms with Gasteiger partial charge in [0.15, 0.2) is 0 Å². The number of aryl methyl sites for hydroxylation is 1. The van der Waals surface area contributed by atoms with Crippen LogP contribution in [-0.2, 0) is 13.1 Å². The van der Waals surface area contributed by atoms with E-state index in [2.05, 4.69) is 81.4 Å². The van der Waals surface area contributed by atoms with Gasteiger partial charge in [-0.15, -0.1) is 11.3 Å². The van der Waals surface area contributed by atoms with E-state index in [1.54, 1.807) is 0 Å². The number of hydrogen-bond acceptors (Lipinski definition) is 3. The lowest BCUT2D eigenvalue weighted by atomic mass is 10.1. The molecule has 21 heavy (non-hydrogen) atoms. The maximum absolute atomic E-state index is 3.56. The van der Waals surface area contributed by atoms with Gasteiger partial charge in [0, 0.05) is 41.1 Å². The summed E-state index contributed by atoms with van der Waals surface area (Å²) in [6, 6.07) is 12.9. The molecule has 0 saturated carbocycles. The van der Waals surface area contributed by atoms with Crippen LogP contribution in [0.5, 0.6) is 0 Å². The number of thiophene rings is 1. The summed E-state index contributed by atoms with van der Waals surface area (Å²) in [5.74, 6) is 0. The second-order valence-electron chi connectivity index (χ2n) is 6.59. The molecular formula is C18H26N2S. The van der Waals surface area contributed by atoms with E-state index >= 15 is 0 Å². The third kappa shape index (κ3) is 4.87. The molecule has 0 radical (unpaired) electrons. The van der Waals surface area contributed by atoms with Crippen molar-refractivity contribution >= 4 is 17.0 Å². The van der Waals surface area contributed by atoms with Crippen molar-refractivity contribution in [3.05, 3.63) is 51.7 Å². The molecule has 0 unspecified atom stereocenters. The van der Waals surface area contributed by atoms with E-state index in [1.165, 1.54) is 21.0 Å². The van der Waals surface area contributed by atoms with Crippen LogP contribution in [0, 0.1) is 6.92 Å². The standard InChI is InChI=1S/C18H26N2S/c1-14-15(11-17(21-14)12-19-18(2,3)4)13-20(5)16-9-7-6-8-10-16/h6-11,19H,12-13H2,1-5H3. The zero-order valence-electron chi connectivity index (χ0n) is 13.7. The highest BCUT2D eigenvalue weighted by Crippen LogP contribution is 2.25. The van der Waals surface area contributed by atoms with Crippen LogP contribution in [0.1, 0.15) is 36.1 Å². The molecule has 1 aromatic heterocycles. The summed E-state index contributed by atoms with van der Waals surface area (Å²) in [7, 11) is 2.15. The zero-order chi connectivity index (χ0) is 15.5. The fraction of sp³-hybridized carbons (Fsp3) is 0.444. The molecule has 114 valence electrons. The predicted molar refractivity (Wildman–Crippen MR) is 94.2 cm³/mol. The maximum Gasteiger partial charge on any atom is 0.0437 e. The minimum absolute atomic E-state index is 0.166. The molecule has 1 N–H and O–H groups in total. The van der Waals surface area contributed by atoms with Crippen LogP contribution in [0.15, 0.2) is 36.4 Å². The first-order valence-electron chi connectivity index (χ1n) is 7.44. The molecule has 0 saturated heterocycles. The quantitative estimate of drug-likeness (QED) is 0.869. The summed E-state index contributed by atoms with van der Waals surface area (Å²) in [5, 5.41) is 3.56. The van der Waals surface area contributed by atoms with Crippen LogP contribution in [0.3, 0.4) is 0 Å². The number of nitrogens with one attached hydrogen (secondary N) is 1. The molecule has 1 heterocycles. The molecule has 2 nitrogen and oxygen atoms in total. The lowest BCUT2D eigenvalue weighted by molar-refractivity contribution is 0.426. The largest absolute Gasteiger partial charge is 0.370 e. The number of nitrogens with zero attached hydrogens (tertiary/aromatic N) is 1. The average molecular weight is 302 g/mol. The molecule has 0 amide bonds. The first kappa shape index (κ1) is 16.1. The second kappa shape index (κ2) is 6.63. The van der Waals surface area contributed by atoms with E-state index in [4.69, 9.17) is 0 Å². The van der Waals surface area contributed by atoms with Crippen molar-refractivity contribution in [1.82, 2.24) is 5.32 Å². The molecule has 0 aliphatic carbocycles. The Morgan fingerprint density at radius 2 is 1.81 bits per heavy atom. The van der Waals surface area contributed by atoms with Gasteiger partial charge in [-0.2, -0.15) is 0 Å². The number of hydrogen-bond donors (Lipinski definition) is 1. The van der Waals surface area contributed by atoms with Crippen molar-refractivity contribution in [3.63, 3.8) is 0 Å². The van der Waals surface area contributed by atoms with Crippen LogP contribution in [0.4, 0.5) is 5.69 Å². The lowest BCUT2D eigenvalue weighted by Crippen LogP contribution is -2.34. The molecule has 1 aromatic carbocycles. The minimum atomic E-state index is 0.166. The molecular weight excluding hydrogens is 276 g/mol.